The fraction of sp³-hybridized carbons (Fsp3) is 0.923. The summed E-state index contributed by atoms with van der Waals surface area (Å²) in [4.78, 5) is 17.9. The molecule has 0 spiro atoms. The van der Waals surface area contributed by atoms with Gasteiger partial charge in [-0.2, -0.15) is 0 Å². The summed E-state index contributed by atoms with van der Waals surface area (Å²) in [5.41, 5.74) is 5.47. The van der Waals surface area contributed by atoms with Crippen molar-refractivity contribution in [2.45, 2.75) is 0 Å². The zero-order valence-corrected chi connectivity index (χ0v) is 12.1. The van der Waals surface area contributed by atoms with Crippen molar-refractivity contribution in [1.29, 1.82) is 0 Å². The van der Waals surface area contributed by atoms with Gasteiger partial charge in [-0.25, -0.2) is 4.79 Å². The van der Waals surface area contributed by atoms with Crippen molar-refractivity contribution >= 4 is 6.03 Å². The number of rotatable bonds is 6. The van der Waals surface area contributed by atoms with Gasteiger partial charge in [0.25, 0.3) is 0 Å². The molecular formula is C13H26N4O3. The van der Waals surface area contributed by atoms with Crippen LogP contribution in [0.4, 0.5) is 4.79 Å². The van der Waals surface area contributed by atoms with E-state index in [0.717, 1.165) is 65.7 Å². The average molecular weight is 286 g/mol. The molecule has 2 N–H and O–H groups in total. The molecule has 0 aromatic heterocycles. The maximum atomic E-state index is 11.5. The van der Waals surface area contributed by atoms with Gasteiger partial charge in [-0.15, -0.1) is 0 Å². The minimum atomic E-state index is -0.327. The third kappa shape index (κ3) is 5.24. The van der Waals surface area contributed by atoms with Gasteiger partial charge in [0.15, 0.2) is 0 Å². The van der Waals surface area contributed by atoms with E-state index in [0.29, 0.717) is 13.1 Å². The van der Waals surface area contributed by atoms with E-state index in [4.69, 9.17) is 15.2 Å². The second-order valence-electron chi connectivity index (χ2n) is 5.23. The zero-order chi connectivity index (χ0) is 14.2. The molecule has 2 amide bonds. The molecule has 7 heteroatoms. The van der Waals surface area contributed by atoms with E-state index in [1.807, 2.05) is 0 Å². The highest BCUT2D eigenvalue weighted by Gasteiger charge is 2.16. The highest BCUT2D eigenvalue weighted by Crippen LogP contribution is 2.00. The molecule has 0 saturated carbocycles. The number of morpholine rings is 2. The number of urea groups is 1. The van der Waals surface area contributed by atoms with E-state index in [9.17, 15) is 4.79 Å². The SMILES string of the molecule is NC(=O)N(CCN1CCOCC1)CCN1CCOCC1. The van der Waals surface area contributed by atoms with Crippen molar-refractivity contribution in [2.75, 3.05) is 78.8 Å². The molecule has 0 unspecified atom stereocenters. The Morgan fingerprint density at radius 2 is 1.30 bits per heavy atom. The van der Waals surface area contributed by atoms with Crippen molar-refractivity contribution in [2.24, 2.45) is 5.73 Å². The van der Waals surface area contributed by atoms with Gasteiger partial charge in [-0.1, -0.05) is 0 Å². The number of nitrogens with zero attached hydrogens (tertiary/aromatic N) is 3. The number of ether oxygens (including phenoxy) is 2. The van der Waals surface area contributed by atoms with Gasteiger partial charge in [0.1, 0.15) is 0 Å². The summed E-state index contributed by atoms with van der Waals surface area (Å²) < 4.78 is 10.6. The molecule has 0 aliphatic carbocycles. The maximum Gasteiger partial charge on any atom is 0.314 e. The monoisotopic (exact) mass is 286 g/mol. The lowest BCUT2D eigenvalue weighted by Crippen LogP contribution is -2.48. The van der Waals surface area contributed by atoms with E-state index in [1.165, 1.54) is 0 Å². The third-order valence-electron chi connectivity index (χ3n) is 3.89. The average Bonchev–Trinajstić information content (AvgIpc) is 2.49. The molecule has 2 heterocycles. The lowest BCUT2D eigenvalue weighted by Gasteiger charge is -2.31. The highest BCUT2D eigenvalue weighted by molar-refractivity contribution is 5.71. The molecule has 2 aliphatic heterocycles. The van der Waals surface area contributed by atoms with Crippen molar-refractivity contribution in [1.82, 2.24) is 14.7 Å². The molecule has 20 heavy (non-hydrogen) atoms. The molecule has 0 bridgehead atoms. The van der Waals surface area contributed by atoms with Crippen LogP contribution < -0.4 is 5.73 Å². The Kier molecular flexibility index (Phi) is 6.52. The summed E-state index contributed by atoms with van der Waals surface area (Å²) in [7, 11) is 0. The Bertz CT molecular complexity index is 269. The predicted molar refractivity (Wildman–Crippen MR) is 75.7 cm³/mol. The first-order valence-corrected chi connectivity index (χ1v) is 7.40. The van der Waals surface area contributed by atoms with Crippen LogP contribution in [0.25, 0.3) is 0 Å². The largest absolute Gasteiger partial charge is 0.379 e. The van der Waals surface area contributed by atoms with Crippen LogP contribution in [0, 0.1) is 0 Å². The van der Waals surface area contributed by atoms with Gasteiger partial charge in [-0.3, -0.25) is 9.80 Å². The zero-order valence-electron chi connectivity index (χ0n) is 12.1. The standard InChI is InChI=1S/C13H26N4O3/c14-13(18)17(3-1-15-5-9-19-10-6-15)4-2-16-7-11-20-12-8-16/h1-12H2,(H2,14,18). The van der Waals surface area contributed by atoms with E-state index in [-0.39, 0.29) is 6.03 Å². The normalized spacial score (nSPS) is 21.8. The number of primary amides is 1. The molecule has 2 aliphatic rings. The summed E-state index contributed by atoms with van der Waals surface area (Å²) in [5, 5.41) is 0. The topological polar surface area (TPSA) is 71.3 Å². The van der Waals surface area contributed by atoms with Crippen LogP contribution in [-0.2, 0) is 9.47 Å². The molecule has 2 fully saturated rings. The van der Waals surface area contributed by atoms with Gasteiger partial charge in [-0.05, 0) is 0 Å². The number of carbonyl (C=O) groups excluding carboxylic acids is 1. The number of nitrogens with two attached hydrogens (primary N) is 1. The van der Waals surface area contributed by atoms with Crippen LogP contribution in [0.3, 0.4) is 0 Å². The Labute approximate surface area is 120 Å². The van der Waals surface area contributed by atoms with Crippen molar-refractivity contribution in [3.8, 4) is 0 Å². The first-order chi connectivity index (χ1) is 9.75. The number of hydrogen-bond acceptors (Lipinski definition) is 5. The van der Waals surface area contributed by atoms with Gasteiger partial charge in [0.2, 0.25) is 0 Å². The van der Waals surface area contributed by atoms with Crippen LogP contribution in [0.2, 0.25) is 0 Å². The maximum absolute atomic E-state index is 11.5. The summed E-state index contributed by atoms with van der Waals surface area (Å²) in [6.07, 6.45) is 0. The van der Waals surface area contributed by atoms with Crippen LogP contribution in [0.1, 0.15) is 0 Å². The first kappa shape index (κ1) is 15.5. The Morgan fingerprint density at radius 1 is 0.900 bits per heavy atom. The van der Waals surface area contributed by atoms with Crippen LogP contribution in [-0.4, -0.2) is 99.5 Å². The van der Waals surface area contributed by atoms with E-state index in [2.05, 4.69) is 9.80 Å². The molecule has 0 atom stereocenters. The van der Waals surface area contributed by atoms with Gasteiger partial charge >= 0.3 is 6.03 Å². The third-order valence-corrected chi connectivity index (χ3v) is 3.89. The molecular weight excluding hydrogens is 260 g/mol. The molecule has 2 saturated heterocycles. The van der Waals surface area contributed by atoms with Crippen LogP contribution >= 0.6 is 0 Å². The minimum Gasteiger partial charge on any atom is -0.379 e. The summed E-state index contributed by atoms with van der Waals surface area (Å²) in [6.45, 7) is 10.0. The van der Waals surface area contributed by atoms with Crippen LogP contribution in [0.5, 0.6) is 0 Å². The first-order valence-electron chi connectivity index (χ1n) is 7.40. The summed E-state index contributed by atoms with van der Waals surface area (Å²) in [6, 6.07) is -0.327. The van der Waals surface area contributed by atoms with Gasteiger partial charge in [0, 0.05) is 52.4 Å². The fourth-order valence-corrected chi connectivity index (χ4v) is 2.51. The van der Waals surface area contributed by atoms with E-state index >= 15 is 0 Å². The predicted octanol–water partition coefficient (Wildman–Crippen LogP) is -0.968. The van der Waals surface area contributed by atoms with Crippen molar-refractivity contribution in [3.63, 3.8) is 0 Å². The van der Waals surface area contributed by atoms with Gasteiger partial charge < -0.3 is 20.1 Å². The number of amides is 2. The smallest absolute Gasteiger partial charge is 0.314 e. The van der Waals surface area contributed by atoms with Gasteiger partial charge in [0.05, 0.1) is 26.4 Å². The van der Waals surface area contributed by atoms with Crippen molar-refractivity contribution < 1.29 is 14.3 Å². The fourth-order valence-electron chi connectivity index (χ4n) is 2.51. The minimum absolute atomic E-state index is 0.327. The second kappa shape index (κ2) is 8.41. The lowest BCUT2D eigenvalue weighted by molar-refractivity contribution is 0.0290. The van der Waals surface area contributed by atoms with Crippen molar-refractivity contribution in [3.05, 3.63) is 0 Å². The molecule has 7 nitrogen and oxygen atoms in total. The number of hydrogen-bond donors (Lipinski definition) is 1. The van der Waals surface area contributed by atoms with E-state index < -0.39 is 0 Å². The Hall–Kier alpha value is -0.890. The second-order valence-corrected chi connectivity index (χ2v) is 5.23. The quantitative estimate of drug-likeness (QED) is 0.680. The Balaban J connectivity index is 1.67. The number of carbonyl (C=O) groups is 1. The molecule has 2 rings (SSSR count). The molecule has 0 aromatic carbocycles. The molecule has 0 radical (unpaired) electrons. The van der Waals surface area contributed by atoms with E-state index in [1.54, 1.807) is 4.90 Å². The molecule has 116 valence electrons. The summed E-state index contributed by atoms with van der Waals surface area (Å²) in [5.74, 6) is 0. The van der Waals surface area contributed by atoms with Crippen LogP contribution in [0.15, 0.2) is 0 Å². The summed E-state index contributed by atoms with van der Waals surface area (Å²) >= 11 is 0. The Morgan fingerprint density at radius 3 is 1.65 bits per heavy atom. The molecule has 0 aromatic rings. The highest BCUT2D eigenvalue weighted by atomic mass is 16.5. The lowest BCUT2D eigenvalue weighted by atomic mass is 10.3.